The van der Waals surface area contributed by atoms with E-state index in [2.05, 4.69) is 13.2 Å². The molecule has 0 aliphatic carbocycles. The molecule has 0 aliphatic heterocycles. The van der Waals surface area contributed by atoms with Crippen LogP contribution in [0.3, 0.4) is 0 Å². The smallest absolute Gasteiger partial charge is 0.336 e. The average Bonchev–Trinajstić information content (AvgIpc) is 2.99. The third-order valence-electron chi connectivity index (χ3n) is 6.35. The lowest BCUT2D eigenvalue weighted by molar-refractivity contribution is -0.138. The first-order valence-electron chi connectivity index (χ1n) is 14.3. The van der Waals surface area contributed by atoms with Crippen LogP contribution in [-0.4, -0.2) is 49.4 Å². The fourth-order valence-corrected chi connectivity index (χ4v) is 4.07. The molecule has 1 N–H and O–H groups in total. The predicted molar refractivity (Wildman–Crippen MR) is 163 cm³/mol. The molecule has 0 saturated carbocycles. The van der Waals surface area contributed by atoms with Crippen molar-refractivity contribution in [1.29, 1.82) is 0 Å². The Morgan fingerprint density at radius 2 is 1.17 bits per heavy atom. The molecule has 0 aliphatic rings. The number of carbonyl (C=O) groups is 3. The van der Waals surface area contributed by atoms with Gasteiger partial charge in [-0.25, -0.2) is 14.4 Å². The Labute approximate surface area is 248 Å². The van der Waals surface area contributed by atoms with Crippen LogP contribution in [0.2, 0.25) is 0 Å². The van der Waals surface area contributed by atoms with Gasteiger partial charge in [-0.05, 0) is 105 Å². The van der Waals surface area contributed by atoms with Crippen molar-refractivity contribution < 1.29 is 38.4 Å². The van der Waals surface area contributed by atoms with Crippen LogP contribution in [0.4, 0.5) is 0 Å². The summed E-state index contributed by atoms with van der Waals surface area (Å²) in [5.41, 5.74) is 2.39. The highest BCUT2D eigenvalue weighted by atomic mass is 16.5. The highest BCUT2D eigenvalue weighted by Crippen LogP contribution is 2.26. The highest BCUT2D eigenvalue weighted by Gasteiger charge is 2.14. The Hall–Kier alpha value is -4.33. The number of aliphatic carboxylic acids is 1. The number of hydrogen-bond donors (Lipinski definition) is 1. The summed E-state index contributed by atoms with van der Waals surface area (Å²) in [4.78, 5) is 34.1. The fourth-order valence-electron chi connectivity index (χ4n) is 4.07. The summed E-state index contributed by atoms with van der Waals surface area (Å²) in [5.74, 6) is -0.392. The first-order chi connectivity index (χ1) is 20.3. The summed E-state index contributed by atoms with van der Waals surface area (Å²) in [5, 5.41) is 9.92. The van der Waals surface area contributed by atoms with Gasteiger partial charge in [-0.2, -0.15) is 0 Å². The van der Waals surface area contributed by atoms with E-state index in [-0.39, 0.29) is 5.57 Å². The maximum Gasteiger partial charge on any atom is 0.336 e. The Kier molecular flexibility index (Phi) is 15.9. The van der Waals surface area contributed by atoms with E-state index in [4.69, 9.17) is 18.9 Å². The summed E-state index contributed by atoms with van der Waals surface area (Å²) < 4.78 is 21.6. The molecular weight excluding hydrogens is 536 g/mol. The zero-order valence-electron chi connectivity index (χ0n) is 24.5. The van der Waals surface area contributed by atoms with Crippen molar-refractivity contribution >= 4 is 29.6 Å². The van der Waals surface area contributed by atoms with E-state index in [1.807, 2.05) is 37.3 Å². The van der Waals surface area contributed by atoms with Crippen LogP contribution in [0.15, 0.2) is 67.8 Å². The van der Waals surface area contributed by atoms with Gasteiger partial charge in [-0.15, -0.1) is 0 Å². The van der Waals surface area contributed by atoms with Crippen molar-refractivity contribution in [3.63, 3.8) is 0 Å². The molecule has 2 aromatic rings. The van der Waals surface area contributed by atoms with Gasteiger partial charge in [0.15, 0.2) is 0 Å². The lowest BCUT2D eigenvalue weighted by Crippen LogP contribution is -2.03. The van der Waals surface area contributed by atoms with Crippen molar-refractivity contribution in [2.24, 2.45) is 0 Å². The minimum atomic E-state index is -1.01. The predicted octanol–water partition coefficient (Wildman–Crippen LogP) is 6.96. The number of carboxylic acid groups (broad SMARTS) is 1. The maximum atomic E-state index is 12.1. The van der Waals surface area contributed by atoms with Crippen LogP contribution in [0.5, 0.6) is 11.5 Å². The Morgan fingerprint density at radius 1 is 0.690 bits per heavy atom. The third-order valence-corrected chi connectivity index (χ3v) is 6.35. The average molecular weight is 579 g/mol. The number of ether oxygens (including phenoxy) is 4. The minimum Gasteiger partial charge on any atom is -0.494 e. The Balaban J connectivity index is 1.80. The second-order valence-electron chi connectivity index (χ2n) is 9.68. The van der Waals surface area contributed by atoms with Gasteiger partial charge >= 0.3 is 17.9 Å². The Morgan fingerprint density at radius 3 is 1.64 bits per heavy atom. The summed E-state index contributed by atoms with van der Waals surface area (Å²) >= 11 is 0. The summed E-state index contributed by atoms with van der Waals surface area (Å²) in [7, 11) is 0. The first kappa shape index (κ1) is 33.9. The van der Waals surface area contributed by atoms with E-state index in [0.29, 0.717) is 37.7 Å². The van der Waals surface area contributed by atoms with Crippen molar-refractivity contribution in [2.45, 2.75) is 58.3 Å². The van der Waals surface area contributed by atoms with Crippen LogP contribution in [0.1, 0.15) is 68.1 Å². The summed E-state index contributed by atoms with van der Waals surface area (Å²) in [6.45, 7) is 10.5. The number of hydrogen-bond acceptors (Lipinski definition) is 7. The standard InChI is InChI=1S/C34H42O8/c1-4-32(35)41-22-12-8-6-10-20-39-28-16-14-27(15-17-28)25-31(34(37)38)30-19-18-29(24-26(30)3)40-21-11-7-9-13-23-42-33(36)5-2/h4-5,14-19,24-25H,1-2,6-13,20-23H2,3H3,(H,37,38). The molecule has 0 atom stereocenters. The Bertz CT molecular complexity index is 1200. The van der Waals surface area contributed by atoms with E-state index in [9.17, 15) is 19.5 Å². The van der Waals surface area contributed by atoms with Gasteiger partial charge in [-0.3, -0.25) is 0 Å². The van der Waals surface area contributed by atoms with Crippen LogP contribution in [0, 0.1) is 6.92 Å². The molecule has 0 radical (unpaired) electrons. The van der Waals surface area contributed by atoms with E-state index >= 15 is 0 Å². The van der Waals surface area contributed by atoms with Crippen molar-refractivity contribution in [3.8, 4) is 11.5 Å². The molecule has 0 aromatic heterocycles. The van der Waals surface area contributed by atoms with Crippen LogP contribution in [0.25, 0.3) is 11.6 Å². The second kappa shape index (κ2) is 19.7. The summed E-state index contributed by atoms with van der Waals surface area (Å²) in [6, 6.07) is 12.8. The molecular formula is C34H42O8. The van der Waals surface area contributed by atoms with Gasteiger partial charge < -0.3 is 24.1 Å². The fraction of sp³-hybridized carbons (Fsp3) is 0.382. The zero-order valence-corrected chi connectivity index (χ0v) is 24.5. The SMILES string of the molecule is C=CC(=O)OCCCCCCOc1ccc(C=C(C(=O)O)c2ccc(OCCCCCCOC(=O)C=C)cc2C)cc1. The number of carbonyl (C=O) groups excluding carboxylic acids is 2. The number of rotatable bonds is 21. The molecule has 0 saturated heterocycles. The van der Waals surface area contributed by atoms with Crippen molar-refractivity contribution in [2.75, 3.05) is 26.4 Å². The topological polar surface area (TPSA) is 108 Å². The van der Waals surface area contributed by atoms with Gasteiger partial charge in [0.2, 0.25) is 0 Å². The van der Waals surface area contributed by atoms with Crippen LogP contribution < -0.4 is 9.47 Å². The molecule has 0 bridgehead atoms. The molecule has 0 unspecified atom stereocenters. The first-order valence-corrected chi connectivity index (χ1v) is 14.3. The largest absolute Gasteiger partial charge is 0.494 e. The lowest BCUT2D eigenvalue weighted by atomic mass is 9.98. The number of carboxylic acids is 1. The van der Waals surface area contributed by atoms with Crippen molar-refractivity contribution in [3.05, 3.63) is 84.5 Å². The van der Waals surface area contributed by atoms with Gasteiger partial charge in [0.25, 0.3) is 0 Å². The number of aryl methyl sites for hydroxylation is 1. The normalized spacial score (nSPS) is 10.9. The van der Waals surface area contributed by atoms with E-state index in [0.717, 1.165) is 80.4 Å². The van der Waals surface area contributed by atoms with E-state index in [1.165, 1.54) is 0 Å². The zero-order chi connectivity index (χ0) is 30.6. The van der Waals surface area contributed by atoms with Gasteiger partial charge in [0.05, 0.1) is 32.0 Å². The van der Waals surface area contributed by atoms with Crippen molar-refractivity contribution in [1.82, 2.24) is 0 Å². The quantitative estimate of drug-likeness (QED) is 0.0733. The van der Waals surface area contributed by atoms with Crippen LogP contribution in [-0.2, 0) is 23.9 Å². The summed E-state index contributed by atoms with van der Waals surface area (Å²) in [6.07, 6.45) is 11.1. The minimum absolute atomic E-state index is 0.198. The van der Waals surface area contributed by atoms with Gasteiger partial charge in [0.1, 0.15) is 11.5 Å². The van der Waals surface area contributed by atoms with E-state index in [1.54, 1.807) is 18.2 Å². The maximum absolute atomic E-state index is 12.1. The molecule has 226 valence electrons. The van der Waals surface area contributed by atoms with Crippen LogP contribution >= 0.6 is 0 Å². The molecule has 8 nitrogen and oxygen atoms in total. The molecule has 2 rings (SSSR count). The monoisotopic (exact) mass is 578 g/mol. The highest BCUT2D eigenvalue weighted by molar-refractivity contribution is 6.21. The third kappa shape index (κ3) is 13.4. The molecule has 42 heavy (non-hydrogen) atoms. The molecule has 0 heterocycles. The lowest BCUT2D eigenvalue weighted by Gasteiger charge is -2.11. The second-order valence-corrected chi connectivity index (χ2v) is 9.68. The molecule has 0 amide bonds. The molecule has 0 fully saturated rings. The van der Waals surface area contributed by atoms with Gasteiger partial charge in [0, 0.05) is 12.2 Å². The van der Waals surface area contributed by atoms with Gasteiger partial charge in [-0.1, -0.05) is 31.4 Å². The number of unbranched alkanes of at least 4 members (excludes halogenated alkanes) is 6. The van der Waals surface area contributed by atoms with E-state index < -0.39 is 17.9 Å². The molecule has 2 aromatic carbocycles. The molecule has 0 spiro atoms. The molecule has 8 heteroatoms. The number of benzene rings is 2. The number of esters is 2.